The van der Waals surface area contributed by atoms with E-state index < -0.39 is 0 Å². The Morgan fingerprint density at radius 3 is 2.50 bits per heavy atom. The first kappa shape index (κ1) is 13.4. The van der Waals surface area contributed by atoms with E-state index in [4.69, 9.17) is 44.6 Å². The lowest BCUT2D eigenvalue weighted by atomic mass is 10.3. The van der Waals surface area contributed by atoms with Gasteiger partial charge in [0.25, 0.3) is 0 Å². The Hall–Kier alpha value is -1.000. The molecule has 0 aliphatic rings. The Morgan fingerprint density at radius 2 is 1.89 bits per heavy atom. The first-order valence-electron chi connectivity index (χ1n) is 4.98. The van der Waals surface area contributed by atoms with Gasteiger partial charge in [0.1, 0.15) is 10.8 Å². The second-order valence-electron chi connectivity index (χ2n) is 3.47. The molecular weight excluding hydrogens is 296 g/mol. The van der Waals surface area contributed by atoms with Crippen molar-refractivity contribution in [2.45, 2.75) is 6.61 Å². The highest BCUT2D eigenvalue weighted by atomic mass is 35.5. The van der Waals surface area contributed by atoms with Gasteiger partial charge >= 0.3 is 0 Å². The van der Waals surface area contributed by atoms with E-state index in [0.717, 1.165) is 0 Å². The summed E-state index contributed by atoms with van der Waals surface area (Å²) in [4.78, 5) is 4.00. The second-order valence-corrected chi connectivity index (χ2v) is 4.72. The van der Waals surface area contributed by atoms with Crippen molar-refractivity contribution in [1.29, 1.82) is 0 Å². The summed E-state index contributed by atoms with van der Waals surface area (Å²) in [5.41, 5.74) is 0.606. The normalized spacial score (nSPS) is 10.4. The van der Waals surface area contributed by atoms with Crippen LogP contribution >= 0.6 is 34.8 Å². The molecule has 1 N–H and O–H groups in total. The van der Waals surface area contributed by atoms with Crippen LogP contribution in [0, 0.1) is 0 Å². The molecule has 0 saturated carbocycles. The van der Waals surface area contributed by atoms with Crippen LogP contribution in [0.1, 0.15) is 5.56 Å². The fourth-order valence-corrected chi connectivity index (χ4v) is 1.96. The number of halogens is 3. The average Bonchev–Trinajstić information content (AvgIpc) is 2.34. The van der Waals surface area contributed by atoms with Crippen molar-refractivity contribution in [2.24, 2.45) is 0 Å². The third kappa shape index (κ3) is 3.06. The summed E-state index contributed by atoms with van der Waals surface area (Å²) < 4.78 is 5.48. The molecule has 94 valence electrons. The van der Waals surface area contributed by atoms with E-state index in [1.807, 2.05) is 0 Å². The highest BCUT2D eigenvalue weighted by Crippen LogP contribution is 2.33. The Bertz CT molecular complexity index is 575. The van der Waals surface area contributed by atoms with Gasteiger partial charge in [-0.2, -0.15) is 0 Å². The molecule has 0 atom stereocenters. The molecule has 6 heteroatoms. The standard InChI is InChI=1S/C12H8Cl3NO2/c13-8-1-2-11(9(14)4-8)18-12-10(15)3-7(6-17)5-16-12/h1-5,17H,6H2. The highest BCUT2D eigenvalue weighted by molar-refractivity contribution is 6.35. The van der Waals surface area contributed by atoms with Gasteiger partial charge in [-0.1, -0.05) is 34.8 Å². The van der Waals surface area contributed by atoms with Crippen LogP contribution in [0.15, 0.2) is 30.5 Å². The van der Waals surface area contributed by atoms with E-state index >= 15 is 0 Å². The van der Waals surface area contributed by atoms with Crippen molar-refractivity contribution in [3.63, 3.8) is 0 Å². The molecule has 0 radical (unpaired) electrons. The van der Waals surface area contributed by atoms with Gasteiger partial charge < -0.3 is 9.84 Å². The minimum Gasteiger partial charge on any atom is -0.436 e. The number of pyridine rings is 1. The summed E-state index contributed by atoms with van der Waals surface area (Å²) in [5, 5.41) is 10.1. The fourth-order valence-electron chi connectivity index (χ4n) is 1.29. The molecule has 0 aliphatic heterocycles. The Balaban J connectivity index is 2.28. The maximum absolute atomic E-state index is 8.94. The molecular formula is C12H8Cl3NO2. The molecule has 0 spiro atoms. The number of aliphatic hydroxyl groups is 1. The second kappa shape index (κ2) is 5.76. The molecule has 2 aromatic rings. The quantitative estimate of drug-likeness (QED) is 0.918. The molecule has 0 fully saturated rings. The van der Waals surface area contributed by atoms with Crippen LogP contribution in [0.4, 0.5) is 0 Å². The summed E-state index contributed by atoms with van der Waals surface area (Å²) in [6, 6.07) is 6.42. The zero-order chi connectivity index (χ0) is 13.1. The largest absolute Gasteiger partial charge is 0.436 e. The lowest BCUT2D eigenvalue weighted by Crippen LogP contribution is -1.92. The van der Waals surface area contributed by atoms with E-state index in [-0.39, 0.29) is 12.5 Å². The molecule has 0 bridgehead atoms. The number of hydrogen-bond donors (Lipinski definition) is 1. The van der Waals surface area contributed by atoms with Gasteiger partial charge in [-0.15, -0.1) is 0 Å². The minimum absolute atomic E-state index is 0.130. The number of ether oxygens (including phenoxy) is 1. The number of hydrogen-bond acceptors (Lipinski definition) is 3. The van der Waals surface area contributed by atoms with Gasteiger partial charge in [0.2, 0.25) is 5.88 Å². The van der Waals surface area contributed by atoms with Gasteiger partial charge in [0.05, 0.1) is 11.6 Å². The number of aliphatic hydroxyl groups excluding tert-OH is 1. The van der Waals surface area contributed by atoms with E-state index in [2.05, 4.69) is 4.98 Å². The molecule has 0 aliphatic carbocycles. The number of rotatable bonds is 3. The van der Waals surface area contributed by atoms with Gasteiger partial charge in [-0.3, -0.25) is 0 Å². The Morgan fingerprint density at radius 1 is 1.11 bits per heavy atom. The molecule has 3 nitrogen and oxygen atoms in total. The summed E-state index contributed by atoms with van der Waals surface area (Å²) in [6.07, 6.45) is 1.48. The van der Waals surface area contributed by atoms with Crippen LogP contribution in [0.25, 0.3) is 0 Å². The van der Waals surface area contributed by atoms with Crippen LogP contribution < -0.4 is 4.74 Å². The van der Waals surface area contributed by atoms with Gasteiger partial charge in [0, 0.05) is 11.2 Å². The molecule has 0 amide bonds. The first-order chi connectivity index (χ1) is 8.60. The minimum atomic E-state index is -0.130. The predicted molar refractivity (Wildman–Crippen MR) is 71.7 cm³/mol. The van der Waals surface area contributed by atoms with Crippen molar-refractivity contribution in [3.8, 4) is 11.6 Å². The monoisotopic (exact) mass is 303 g/mol. The van der Waals surface area contributed by atoms with E-state index in [1.165, 1.54) is 6.20 Å². The zero-order valence-electron chi connectivity index (χ0n) is 9.03. The maximum Gasteiger partial charge on any atom is 0.238 e. The Labute approximate surface area is 119 Å². The SMILES string of the molecule is OCc1cnc(Oc2ccc(Cl)cc2Cl)c(Cl)c1. The van der Waals surface area contributed by atoms with Crippen LogP contribution in [-0.4, -0.2) is 10.1 Å². The number of aromatic nitrogens is 1. The van der Waals surface area contributed by atoms with E-state index in [0.29, 0.717) is 26.4 Å². The number of nitrogens with zero attached hydrogens (tertiary/aromatic N) is 1. The van der Waals surface area contributed by atoms with Gasteiger partial charge in [-0.05, 0) is 29.8 Å². The third-order valence-corrected chi connectivity index (χ3v) is 2.95. The van der Waals surface area contributed by atoms with Crippen molar-refractivity contribution in [2.75, 3.05) is 0 Å². The molecule has 0 saturated heterocycles. The van der Waals surface area contributed by atoms with Crippen LogP contribution in [0.2, 0.25) is 15.1 Å². The molecule has 1 aromatic carbocycles. The smallest absolute Gasteiger partial charge is 0.238 e. The first-order valence-corrected chi connectivity index (χ1v) is 6.11. The molecule has 0 unspecified atom stereocenters. The van der Waals surface area contributed by atoms with Crippen LogP contribution in [0.5, 0.6) is 11.6 Å². The van der Waals surface area contributed by atoms with E-state index in [1.54, 1.807) is 24.3 Å². The molecule has 18 heavy (non-hydrogen) atoms. The molecule has 1 aromatic heterocycles. The zero-order valence-corrected chi connectivity index (χ0v) is 11.3. The van der Waals surface area contributed by atoms with Crippen LogP contribution in [-0.2, 0) is 6.61 Å². The summed E-state index contributed by atoms with van der Waals surface area (Å²) in [7, 11) is 0. The van der Waals surface area contributed by atoms with Crippen molar-refractivity contribution in [1.82, 2.24) is 4.98 Å². The topological polar surface area (TPSA) is 42.4 Å². The lowest BCUT2D eigenvalue weighted by Gasteiger charge is -2.08. The molecule has 2 rings (SSSR count). The highest BCUT2D eigenvalue weighted by Gasteiger charge is 2.09. The fraction of sp³-hybridized carbons (Fsp3) is 0.0833. The van der Waals surface area contributed by atoms with Crippen molar-refractivity contribution in [3.05, 3.63) is 51.1 Å². The van der Waals surface area contributed by atoms with Gasteiger partial charge in [-0.25, -0.2) is 4.98 Å². The van der Waals surface area contributed by atoms with Crippen LogP contribution in [0.3, 0.4) is 0 Å². The summed E-state index contributed by atoms with van der Waals surface area (Å²) in [6.45, 7) is -0.130. The average molecular weight is 305 g/mol. The number of benzene rings is 1. The third-order valence-electron chi connectivity index (χ3n) is 2.15. The Kier molecular flexibility index (Phi) is 4.30. The van der Waals surface area contributed by atoms with Gasteiger partial charge in [0.15, 0.2) is 0 Å². The summed E-state index contributed by atoms with van der Waals surface area (Å²) >= 11 is 17.7. The maximum atomic E-state index is 8.94. The lowest BCUT2D eigenvalue weighted by molar-refractivity contribution is 0.281. The molecule has 1 heterocycles. The summed E-state index contributed by atoms with van der Waals surface area (Å²) in [5.74, 6) is 0.630. The van der Waals surface area contributed by atoms with Crippen molar-refractivity contribution < 1.29 is 9.84 Å². The van der Waals surface area contributed by atoms with E-state index in [9.17, 15) is 0 Å². The van der Waals surface area contributed by atoms with Crippen molar-refractivity contribution >= 4 is 34.8 Å². The predicted octanol–water partition coefficient (Wildman–Crippen LogP) is 4.33.